The van der Waals surface area contributed by atoms with Crippen molar-refractivity contribution in [3.05, 3.63) is 34.9 Å². The van der Waals surface area contributed by atoms with Gasteiger partial charge in [-0.25, -0.2) is 9.78 Å². The van der Waals surface area contributed by atoms with Crippen LogP contribution in [0.5, 0.6) is 0 Å². The van der Waals surface area contributed by atoms with Gasteiger partial charge in [-0.2, -0.15) is 9.61 Å². The number of fused-ring (bicyclic) bond motifs is 1. The van der Waals surface area contributed by atoms with E-state index in [-0.39, 0.29) is 5.69 Å². The lowest BCUT2D eigenvalue weighted by molar-refractivity contribution is 0.579. The second kappa shape index (κ2) is 3.77. The van der Waals surface area contributed by atoms with Crippen LogP contribution in [-0.4, -0.2) is 25.8 Å². The highest BCUT2D eigenvalue weighted by Crippen LogP contribution is 2.18. The summed E-state index contributed by atoms with van der Waals surface area (Å²) in [5.74, 6) is 0.612. The molecule has 3 heterocycles. The normalized spacial score (nSPS) is 11.1. The SMILES string of the molecule is CSc1nc2cc(-c3ccco3)nn2c(=O)[nH]1. The molecule has 1 N–H and O–H groups in total. The van der Waals surface area contributed by atoms with Crippen molar-refractivity contribution >= 4 is 17.4 Å². The van der Waals surface area contributed by atoms with Gasteiger partial charge in [0.1, 0.15) is 5.69 Å². The maximum Gasteiger partial charge on any atom is 0.350 e. The first kappa shape index (κ1) is 10.2. The minimum Gasteiger partial charge on any atom is -0.463 e. The number of hydrogen-bond donors (Lipinski definition) is 1. The zero-order valence-electron chi connectivity index (χ0n) is 8.88. The molecule has 0 fully saturated rings. The van der Waals surface area contributed by atoms with Gasteiger partial charge in [0.2, 0.25) is 0 Å². The molecule has 17 heavy (non-hydrogen) atoms. The Bertz CT molecular complexity index is 714. The third kappa shape index (κ3) is 1.64. The van der Waals surface area contributed by atoms with Crippen molar-refractivity contribution in [2.45, 2.75) is 5.16 Å². The first-order valence-electron chi connectivity index (χ1n) is 4.86. The molecule has 0 unspecified atom stereocenters. The summed E-state index contributed by atoms with van der Waals surface area (Å²) >= 11 is 1.37. The summed E-state index contributed by atoms with van der Waals surface area (Å²) in [6.45, 7) is 0. The summed E-state index contributed by atoms with van der Waals surface area (Å²) in [5.41, 5.74) is 0.785. The van der Waals surface area contributed by atoms with Crippen LogP contribution in [-0.2, 0) is 0 Å². The lowest BCUT2D eigenvalue weighted by Crippen LogP contribution is -2.19. The van der Waals surface area contributed by atoms with Crippen molar-refractivity contribution in [2.24, 2.45) is 0 Å². The van der Waals surface area contributed by atoms with Crippen molar-refractivity contribution in [2.75, 3.05) is 6.26 Å². The molecule has 0 amide bonds. The Kier molecular flexibility index (Phi) is 2.25. The standard InChI is InChI=1S/C10H8N4O2S/c1-17-9-11-8-5-6(7-3-2-4-16-7)13-14(8)10(15)12-9/h2-5H,1H3,(H,11,12,15). The fourth-order valence-electron chi connectivity index (χ4n) is 1.52. The van der Waals surface area contributed by atoms with E-state index >= 15 is 0 Å². The van der Waals surface area contributed by atoms with Gasteiger partial charge < -0.3 is 4.42 Å². The predicted molar refractivity (Wildman–Crippen MR) is 63.1 cm³/mol. The molecule has 0 saturated carbocycles. The van der Waals surface area contributed by atoms with Crippen molar-refractivity contribution < 1.29 is 4.42 Å². The summed E-state index contributed by atoms with van der Waals surface area (Å²) in [4.78, 5) is 18.6. The van der Waals surface area contributed by atoms with Crippen LogP contribution in [0.4, 0.5) is 0 Å². The molecular weight excluding hydrogens is 240 g/mol. The predicted octanol–water partition coefficient (Wildman–Crippen LogP) is 1.40. The minimum absolute atomic E-state index is 0.308. The Balaban J connectivity index is 2.26. The molecule has 0 aliphatic heterocycles. The summed E-state index contributed by atoms with van der Waals surface area (Å²) in [7, 11) is 0. The van der Waals surface area contributed by atoms with Gasteiger partial charge >= 0.3 is 5.69 Å². The van der Waals surface area contributed by atoms with Gasteiger partial charge in [-0.1, -0.05) is 11.8 Å². The molecule has 0 spiro atoms. The molecule has 0 bridgehead atoms. The Morgan fingerprint density at radius 2 is 2.41 bits per heavy atom. The van der Waals surface area contributed by atoms with E-state index < -0.39 is 0 Å². The molecule has 6 nitrogen and oxygen atoms in total. The van der Waals surface area contributed by atoms with Crippen LogP contribution in [0, 0.1) is 0 Å². The average Bonchev–Trinajstić information content (AvgIpc) is 2.96. The molecular formula is C10H8N4O2S. The number of H-pyrrole nitrogens is 1. The molecule has 0 saturated heterocycles. The fourth-order valence-corrected chi connectivity index (χ4v) is 1.89. The molecule has 0 radical (unpaired) electrons. The van der Waals surface area contributed by atoms with Crippen molar-refractivity contribution in [1.29, 1.82) is 0 Å². The van der Waals surface area contributed by atoms with Crippen LogP contribution in [0.1, 0.15) is 0 Å². The number of nitrogens with zero attached hydrogens (tertiary/aromatic N) is 3. The first-order chi connectivity index (χ1) is 8.28. The molecule has 0 atom stereocenters. The maximum atomic E-state index is 11.7. The number of furan rings is 1. The molecule has 0 aliphatic carbocycles. The van der Waals surface area contributed by atoms with Crippen LogP contribution >= 0.6 is 11.8 Å². The van der Waals surface area contributed by atoms with E-state index in [1.807, 2.05) is 6.26 Å². The quantitative estimate of drug-likeness (QED) is 0.694. The van der Waals surface area contributed by atoms with Gasteiger partial charge in [-0.3, -0.25) is 4.98 Å². The van der Waals surface area contributed by atoms with Crippen molar-refractivity contribution in [3.8, 4) is 11.5 Å². The number of thioether (sulfide) groups is 1. The highest BCUT2D eigenvalue weighted by molar-refractivity contribution is 7.98. The van der Waals surface area contributed by atoms with E-state index in [9.17, 15) is 4.79 Å². The fraction of sp³-hybridized carbons (Fsp3) is 0.100. The van der Waals surface area contributed by atoms with E-state index in [2.05, 4.69) is 15.1 Å². The summed E-state index contributed by atoms with van der Waals surface area (Å²) in [6.07, 6.45) is 3.41. The Morgan fingerprint density at radius 1 is 1.53 bits per heavy atom. The Labute approximate surface area is 99.7 Å². The van der Waals surface area contributed by atoms with Crippen molar-refractivity contribution in [3.63, 3.8) is 0 Å². The lowest BCUT2D eigenvalue weighted by atomic mass is 10.3. The largest absolute Gasteiger partial charge is 0.463 e. The number of aromatic nitrogens is 4. The minimum atomic E-state index is -0.308. The van der Waals surface area contributed by atoms with Crippen molar-refractivity contribution in [1.82, 2.24) is 19.6 Å². The first-order valence-corrected chi connectivity index (χ1v) is 6.08. The zero-order valence-corrected chi connectivity index (χ0v) is 9.69. The number of aromatic amines is 1. The zero-order chi connectivity index (χ0) is 11.8. The van der Waals surface area contributed by atoms with E-state index in [1.165, 1.54) is 16.3 Å². The Morgan fingerprint density at radius 3 is 3.12 bits per heavy atom. The van der Waals surface area contributed by atoms with Crippen LogP contribution in [0.3, 0.4) is 0 Å². The molecule has 3 rings (SSSR count). The summed E-state index contributed by atoms with van der Waals surface area (Å²) < 4.78 is 6.44. The van der Waals surface area contributed by atoms with Crippen LogP contribution in [0.2, 0.25) is 0 Å². The number of nitrogens with one attached hydrogen (secondary N) is 1. The van der Waals surface area contributed by atoms with E-state index in [1.54, 1.807) is 24.5 Å². The molecule has 0 aliphatic rings. The Hall–Kier alpha value is -2.02. The van der Waals surface area contributed by atoms with Gasteiger partial charge in [-0.15, -0.1) is 0 Å². The van der Waals surface area contributed by atoms with E-state index in [0.29, 0.717) is 22.3 Å². The van der Waals surface area contributed by atoms with Crippen LogP contribution < -0.4 is 5.69 Å². The summed E-state index contributed by atoms with van der Waals surface area (Å²) in [5, 5.41) is 4.70. The third-order valence-electron chi connectivity index (χ3n) is 2.28. The van der Waals surface area contributed by atoms with E-state index in [0.717, 1.165) is 0 Å². The van der Waals surface area contributed by atoms with Crippen LogP contribution in [0.25, 0.3) is 17.1 Å². The second-order valence-corrected chi connectivity index (χ2v) is 4.12. The summed E-state index contributed by atoms with van der Waals surface area (Å²) in [6, 6.07) is 5.27. The van der Waals surface area contributed by atoms with Gasteiger partial charge in [0.15, 0.2) is 16.6 Å². The molecule has 3 aromatic heterocycles. The smallest absolute Gasteiger partial charge is 0.350 e. The molecule has 86 valence electrons. The maximum absolute atomic E-state index is 11.7. The average molecular weight is 248 g/mol. The topological polar surface area (TPSA) is 76.2 Å². The van der Waals surface area contributed by atoms with E-state index in [4.69, 9.17) is 4.42 Å². The van der Waals surface area contributed by atoms with Crippen LogP contribution in [0.15, 0.2) is 38.8 Å². The highest BCUT2D eigenvalue weighted by Gasteiger charge is 2.10. The second-order valence-electron chi connectivity index (χ2n) is 3.33. The number of rotatable bonds is 2. The van der Waals surface area contributed by atoms with Gasteiger partial charge in [-0.05, 0) is 18.4 Å². The highest BCUT2D eigenvalue weighted by atomic mass is 32.2. The lowest BCUT2D eigenvalue weighted by Gasteiger charge is -1.94. The molecule has 0 aromatic carbocycles. The molecule has 3 aromatic rings. The van der Waals surface area contributed by atoms with Gasteiger partial charge in [0, 0.05) is 6.07 Å². The monoisotopic (exact) mass is 248 g/mol. The van der Waals surface area contributed by atoms with Gasteiger partial charge in [0.25, 0.3) is 0 Å². The third-order valence-corrected chi connectivity index (χ3v) is 2.86. The van der Waals surface area contributed by atoms with Gasteiger partial charge in [0.05, 0.1) is 6.26 Å². The number of hydrogen-bond acceptors (Lipinski definition) is 5. The molecule has 7 heteroatoms.